The molecule has 0 aliphatic carbocycles. The molecule has 0 aliphatic heterocycles. The van der Waals surface area contributed by atoms with Gasteiger partial charge >= 0.3 is 0 Å². The predicted molar refractivity (Wildman–Crippen MR) is 240 cm³/mol. The van der Waals surface area contributed by atoms with Crippen molar-refractivity contribution in [3.63, 3.8) is 0 Å². The van der Waals surface area contributed by atoms with Gasteiger partial charge in [0, 0.05) is 49.3 Å². The second-order valence-corrected chi connectivity index (χ2v) is 14.8. The molecular formula is C53H33N5. The lowest BCUT2D eigenvalue weighted by atomic mass is 10.0. The maximum atomic E-state index is 5.13. The molecule has 12 rings (SSSR count). The molecule has 3 aromatic heterocycles. The van der Waals surface area contributed by atoms with E-state index in [-0.39, 0.29) is 0 Å². The van der Waals surface area contributed by atoms with Crippen molar-refractivity contribution in [2.75, 3.05) is 0 Å². The molecule has 0 atom stereocenters. The predicted octanol–water partition coefficient (Wildman–Crippen LogP) is 13.4. The summed E-state index contributed by atoms with van der Waals surface area (Å²) in [6.45, 7) is 0. The Hall–Kier alpha value is -7.89. The van der Waals surface area contributed by atoms with Crippen molar-refractivity contribution in [1.82, 2.24) is 24.1 Å². The van der Waals surface area contributed by atoms with E-state index in [0.717, 1.165) is 49.9 Å². The SMILES string of the molecule is c1ccc(-c2nc(-c3ccccc3)nc(-c3ccc(-n4c5ccccc5c5cc6c7c8ccccc8ccc7n(-c7ccccc7)c6cc54)c4ccccc34)n2)cc1. The molecule has 0 radical (unpaired) electrons. The van der Waals surface area contributed by atoms with Gasteiger partial charge in [0.25, 0.3) is 0 Å². The van der Waals surface area contributed by atoms with Gasteiger partial charge < -0.3 is 9.13 Å². The van der Waals surface area contributed by atoms with Crippen LogP contribution in [0.1, 0.15) is 0 Å². The van der Waals surface area contributed by atoms with Crippen LogP contribution in [0.15, 0.2) is 200 Å². The Morgan fingerprint density at radius 1 is 0.310 bits per heavy atom. The van der Waals surface area contributed by atoms with Gasteiger partial charge in [0.05, 0.1) is 27.8 Å². The van der Waals surface area contributed by atoms with E-state index in [0.29, 0.717) is 17.5 Å². The zero-order chi connectivity index (χ0) is 38.2. The quantitative estimate of drug-likeness (QED) is 0.177. The fourth-order valence-corrected chi connectivity index (χ4v) is 8.97. The molecule has 5 heteroatoms. The van der Waals surface area contributed by atoms with Crippen LogP contribution in [0.4, 0.5) is 0 Å². The van der Waals surface area contributed by atoms with Crippen molar-refractivity contribution >= 4 is 65.2 Å². The molecule has 0 N–H and O–H groups in total. The van der Waals surface area contributed by atoms with E-state index in [1.807, 2.05) is 60.7 Å². The highest BCUT2D eigenvalue weighted by atomic mass is 15.0. The van der Waals surface area contributed by atoms with Gasteiger partial charge in [-0.3, -0.25) is 0 Å². The molecule has 270 valence electrons. The number of para-hydroxylation sites is 2. The molecule has 0 aliphatic rings. The Kier molecular flexibility index (Phi) is 7.16. The molecule has 0 unspecified atom stereocenters. The number of hydrogen-bond donors (Lipinski definition) is 0. The maximum absolute atomic E-state index is 5.13. The van der Waals surface area contributed by atoms with Gasteiger partial charge in [0.2, 0.25) is 0 Å². The first-order valence-electron chi connectivity index (χ1n) is 19.6. The highest BCUT2D eigenvalue weighted by Crippen LogP contribution is 2.43. The minimum absolute atomic E-state index is 0.638. The molecule has 3 heterocycles. The van der Waals surface area contributed by atoms with Crippen LogP contribution < -0.4 is 0 Å². The van der Waals surface area contributed by atoms with E-state index < -0.39 is 0 Å². The van der Waals surface area contributed by atoms with Gasteiger partial charge in [-0.05, 0) is 64.7 Å². The fraction of sp³-hybridized carbons (Fsp3) is 0. The van der Waals surface area contributed by atoms with Crippen molar-refractivity contribution in [2.24, 2.45) is 0 Å². The van der Waals surface area contributed by atoms with E-state index in [4.69, 9.17) is 15.0 Å². The second kappa shape index (κ2) is 12.8. The van der Waals surface area contributed by atoms with Gasteiger partial charge in [-0.25, -0.2) is 15.0 Å². The van der Waals surface area contributed by atoms with Crippen molar-refractivity contribution in [3.05, 3.63) is 200 Å². The van der Waals surface area contributed by atoms with Crippen LogP contribution in [0.25, 0.3) is 111 Å². The lowest BCUT2D eigenvalue weighted by molar-refractivity contribution is 1.08. The lowest BCUT2D eigenvalue weighted by Crippen LogP contribution is -2.01. The van der Waals surface area contributed by atoms with Crippen molar-refractivity contribution < 1.29 is 0 Å². The summed E-state index contributed by atoms with van der Waals surface area (Å²) in [7, 11) is 0. The van der Waals surface area contributed by atoms with Crippen LogP contribution in [0.5, 0.6) is 0 Å². The Balaban J connectivity index is 1.15. The van der Waals surface area contributed by atoms with Crippen LogP contribution in [-0.4, -0.2) is 24.1 Å². The number of benzene rings is 9. The Morgan fingerprint density at radius 2 is 0.879 bits per heavy atom. The Labute approximate surface area is 333 Å². The summed E-state index contributed by atoms with van der Waals surface area (Å²) in [4.78, 5) is 15.2. The summed E-state index contributed by atoms with van der Waals surface area (Å²) in [6, 6.07) is 71.0. The summed E-state index contributed by atoms with van der Waals surface area (Å²) in [5.41, 5.74) is 9.74. The summed E-state index contributed by atoms with van der Waals surface area (Å²) in [6.07, 6.45) is 0. The second-order valence-electron chi connectivity index (χ2n) is 14.8. The van der Waals surface area contributed by atoms with Gasteiger partial charge in [0.15, 0.2) is 17.5 Å². The highest BCUT2D eigenvalue weighted by molar-refractivity contribution is 6.25. The highest BCUT2D eigenvalue weighted by Gasteiger charge is 2.22. The summed E-state index contributed by atoms with van der Waals surface area (Å²) in [5.74, 6) is 1.93. The third-order valence-electron chi connectivity index (χ3n) is 11.5. The molecule has 0 spiro atoms. The maximum Gasteiger partial charge on any atom is 0.164 e. The first-order valence-corrected chi connectivity index (χ1v) is 19.6. The number of aromatic nitrogens is 5. The first kappa shape index (κ1) is 32.4. The standard InChI is InChI=1S/C53H33N5/c1-4-17-35(18-5-1)51-54-52(36-19-6-2-7-20-36)56-53(55-51)42-29-31-46(40-25-13-12-24-39(40)42)58-45-27-15-14-26-41(45)43-32-44-49(33-48(43)58)57(37-21-8-3-9-22-37)47-30-28-34-16-10-11-23-38(34)50(44)47/h1-33H. The third kappa shape index (κ3) is 4.93. The molecule has 0 saturated carbocycles. The Morgan fingerprint density at radius 3 is 1.60 bits per heavy atom. The van der Waals surface area contributed by atoms with Gasteiger partial charge in [-0.2, -0.15) is 0 Å². The third-order valence-corrected chi connectivity index (χ3v) is 11.5. The van der Waals surface area contributed by atoms with E-state index in [2.05, 4.69) is 149 Å². The Bertz CT molecular complexity index is 3490. The van der Waals surface area contributed by atoms with Crippen molar-refractivity contribution in [2.45, 2.75) is 0 Å². The molecular weight excluding hydrogens is 707 g/mol. The van der Waals surface area contributed by atoms with Crippen LogP contribution in [0.2, 0.25) is 0 Å². The van der Waals surface area contributed by atoms with Gasteiger partial charge in [-0.15, -0.1) is 0 Å². The van der Waals surface area contributed by atoms with E-state index in [1.54, 1.807) is 0 Å². The molecule has 0 saturated heterocycles. The fourth-order valence-electron chi connectivity index (χ4n) is 8.97. The molecule has 58 heavy (non-hydrogen) atoms. The van der Waals surface area contributed by atoms with Gasteiger partial charge in [-0.1, -0.05) is 152 Å². The molecule has 0 bridgehead atoms. The molecule has 5 nitrogen and oxygen atoms in total. The number of hydrogen-bond acceptors (Lipinski definition) is 3. The van der Waals surface area contributed by atoms with Crippen LogP contribution in [0.3, 0.4) is 0 Å². The van der Waals surface area contributed by atoms with Crippen LogP contribution in [-0.2, 0) is 0 Å². The van der Waals surface area contributed by atoms with Crippen molar-refractivity contribution in [1.29, 1.82) is 0 Å². The number of rotatable bonds is 5. The van der Waals surface area contributed by atoms with Gasteiger partial charge in [0.1, 0.15) is 0 Å². The molecule has 9 aromatic carbocycles. The first-order chi connectivity index (χ1) is 28.8. The van der Waals surface area contributed by atoms with E-state index in [1.165, 1.54) is 43.4 Å². The average molecular weight is 740 g/mol. The largest absolute Gasteiger partial charge is 0.309 e. The lowest BCUT2D eigenvalue weighted by Gasteiger charge is -2.15. The minimum atomic E-state index is 0.638. The number of nitrogens with zero attached hydrogens (tertiary/aromatic N) is 5. The smallest absolute Gasteiger partial charge is 0.164 e. The van der Waals surface area contributed by atoms with E-state index >= 15 is 0 Å². The van der Waals surface area contributed by atoms with Crippen molar-refractivity contribution in [3.8, 4) is 45.5 Å². The zero-order valence-electron chi connectivity index (χ0n) is 31.3. The molecule has 12 aromatic rings. The molecule has 0 fully saturated rings. The average Bonchev–Trinajstić information content (AvgIpc) is 3.80. The van der Waals surface area contributed by atoms with E-state index in [9.17, 15) is 0 Å². The topological polar surface area (TPSA) is 48.5 Å². The summed E-state index contributed by atoms with van der Waals surface area (Å²) in [5, 5.41) is 9.62. The monoisotopic (exact) mass is 739 g/mol. The minimum Gasteiger partial charge on any atom is -0.309 e. The van der Waals surface area contributed by atoms with Crippen LogP contribution in [0, 0.1) is 0 Å². The molecule has 0 amide bonds. The zero-order valence-corrected chi connectivity index (χ0v) is 31.3. The normalized spacial score (nSPS) is 11.8. The number of fused-ring (bicyclic) bond motifs is 9. The summed E-state index contributed by atoms with van der Waals surface area (Å²) < 4.78 is 4.87. The van der Waals surface area contributed by atoms with Crippen LogP contribution >= 0.6 is 0 Å². The summed E-state index contributed by atoms with van der Waals surface area (Å²) >= 11 is 0.